The van der Waals surface area contributed by atoms with Crippen LogP contribution in [-0.4, -0.2) is 64.4 Å². The van der Waals surface area contributed by atoms with E-state index in [0.717, 1.165) is 29.9 Å². The molecule has 10 heteroatoms. The highest BCUT2D eigenvalue weighted by Crippen LogP contribution is 2.61. The first-order valence-electron chi connectivity index (χ1n) is 22.3. The minimum atomic E-state index is -0.652. The van der Waals surface area contributed by atoms with Crippen molar-refractivity contribution in [2.75, 3.05) is 7.11 Å². The summed E-state index contributed by atoms with van der Waals surface area (Å²) in [7, 11) is 1.00. The molecule has 11 rings (SSSR count). The summed E-state index contributed by atoms with van der Waals surface area (Å²) in [5.41, 5.74) is 14.4. The Labute approximate surface area is 348 Å². The number of hydrogen-bond donors (Lipinski definition) is 2. The average Bonchev–Trinajstić information content (AvgIpc) is 3.98. The summed E-state index contributed by atoms with van der Waals surface area (Å²) in [6.07, 6.45) is 10.8. The second kappa shape index (κ2) is 13.3. The van der Waals surface area contributed by atoms with Crippen LogP contribution >= 0.6 is 0 Å². The summed E-state index contributed by atoms with van der Waals surface area (Å²) in [5, 5.41) is 2.78. The summed E-state index contributed by atoms with van der Waals surface area (Å²) in [4.78, 5) is 36.5. The topological polar surface area (TPSA) is 106 Å². The van der Waals surface area contributed by atoms with Crippen molar-refractivity contribution < 1.29 is 23.6 Å². The van der Waals surface area contributed by atoms with E-state index < -0.39 is 12.1 Å². The van der Waals surface area contributed by atoms with Gasteiger partial charge in [0, 0.05) is 6.04 Å². The highest BCUT2D eigenvalue weighted by molar-refractivity contribution is 6.62. The zero-order chi connectivity index (χ0) is 40.7. The monoisotopic (exact) mass is 792 g/mol. The molecule has 0 radical (unpaired) electrons. The number of likely N-dealkylation sites (tertiary alicyclic amines) is 1. The third-order valence-electron chi connectivity index (χ3n) is 16.1. The maximum absolute atomic E-state index is 13.9. The molecule has 9 nitrogen and oxygen atoms in total. The number of fused-ring (bicyclic) bond motifs is 11. The van der Waals surface area contributed by atoms with E-state index in [9.17, 15) is 9.59 Å². The van der Waals surface area contributed by atoms with Gasteiger partial charge in [-0.05, 0) is 170 Å². The molecule has 4 bridgehead atoms. The van der Waals surface area contributed by atoms with E-state index >= 15 is 0 Å². The number of methoxy groups -OCH3 is 1. The fourth-order valence-electron chi connectivity index (χ4n) is 12.3. The van der Waals surface area contributed by atoms with E-state index in [0.29, 0.717) is 29.6 Å². The largest absolute Gasteiger partial charge is 0.495 e. The fraction of sp³-hybridized carbons (Fsp3) is 0.531. The molecule has 0 spiro atoms. The molecule has 306 valence electrons. The first-order valence-corrected chi connectivity index (χ1v) is 22.3. The number of aromatic nitrogens is 2. The van der Waals surface area contributed by atoms with Crippen LogP contribution in [0.25, 0.3) is 33.5 Å². The molecule has 2 N–H and O–H groups in total. The first kappa shape index (κ1) is 37.6. The molecule has 3 aromatic carbocycles. The van der Waals surface area contributed by atoms with E-state index in [2.05, 4.69) is 86.5 Å². The van der Waals surface area contributed by atoms with Gasteiger partial charge in [-0.2, -0.15) is 0 Å². The molecular formula is C49H57BN4O5. The summed E-state index contributed by atoms with van der Waals surface area (Å²) in [5.74, 6) is 3.56. The SMILES string of the molecule is COC(=O)NC(C(=O)N1C(c2ncc(-c3ccc(-c4ccc(-c5ccc(B6OC(C)(C)C(C)(C)O6)c6c5C5CCC6C5)c5c4C4CCC5C4)cc3)[nH]2)CC2CC21)C(C)C. The third-order valence-corrected chi connectivity index (χ3v) is 16.1. The maximum atomic E-state index is 13.9. The number of alkyl carbamates (subject to hydrolysis) is 1. The van der Waals surface area contributed by atoms with Crippen LogP contribution in [0.3, 0.4) is 0 Å². The average molecular weight is 793 g/mol. The van der Waals surface area contributed by atoms with Crippen molar-refractivity contribution in [3.8, 4) is 33.5 Å². The van der Waals surface area contributed by atoms with Crippen LogP contribution < -0.4 is 10.8 Å². The molecule has 2 amide bonds. The standard InChI is InChI=1S/C49H57BN4O5/c1-25(2)44(53-47(56)57-7)46(55)54-38-22-32(38)23-39(54)45-51-24-37(52-45)27-10-8-26(9-11-27)33-16-17-34(41-29-13-12-28(20-29)40(33)41)35-18-19-36(43-31-15-14-30(21-31)42(35)43)50-58-48(3,4)49(5,6)59-50/h8-11,16-19,24-25,28-32,38-39,44H,12-15,20-23H2,1-7H3,(H,51,52)(H,53,56). The van der Waals surface area contributed by atoms with E-state index in [-0.39, 0.29) is 42.2 Å². The van der Waals surface area contributed by atoms with Gasteiger partial charge < -0.3 is 29.2 Å². The number of nitrogens with zero attached hydrogens (tertiary/aromatic N) is 2. The number of hydrogen-bond acceptors (Lipinski definition) is 6. The lowest BCUT2D eigenvalue weighted by Gasteiger charge is -2.32. The number of aromatic amines is 1. The van der Waals surface area contributed by atoms with Gasteiger partial charge in [0.2, 0.25) is 5.91 Å². The quantitative estimate of drug-likeness (QED) is 0.172. The van der Waals surface area contributed by atoms with Gasteiger partial charge in [-0.1, -0.05) is 62.4 Å². The summed E-state index contributed by atoms with van der Waals surface area (Å²) in [6.45, 7) is 12.5. The van der Waals surface area contributed by atoms with Gasteiger partial charge in [-0.15, -0.1) is 0 Å². The van der Waals surface area contributed by atoms with Gasteiger partial charge in [0.15, 0.2) is 0 Å². The second-order valence-corrected chi connectivity index (χ2v) is 20.2. The van der Waals surface area contributed by atoms with Crippen LogP contribution in [0.15, 0.2) is 54.7 Å². The molecule has 59 heavy (non-hydrogen) atoms. The maximum Gasteiger partial charge on any atom is 0.495 e. The highest BCUT2D eigenvalue weighted by atomic mass is 16.7. The predicted octanol–water partition coefficient (Wildman–Crippen LogP) is 9.48. The van der Waals surface area contributed by atoms with Crippen LogP contribution in [0.4, 0.5) is 4.79 Å². The number of carbonyl (C=O) groups is 2. The van der Waals surface area contributed by atoms with Crippen molar-refractivity contribution in [2.24, 2.45) is 11.8 Å². The number of nitrogens with one attached hydrogen (secondary N) is 2. The van der Waals surface area contributed by atoms with Gasteiger partial charge in [-0.25, -0.2) is 9.78 Å². The Kier molecular flexibility index (Phi) is 8.47. The fourth-order valence-corrected chi connectivity index (χ4v) is 12.3. The highest BCUT2D eigenvalue weighted by Gasteiger charge is 2.57. The van der Waals surface area contributed by atoms with Crippen LogP contribution in [0.5, 0.6) is 0 Å². The molecule has 8 unspecified atom stereocenters. The Morgan fingerprint density at radius 2 is 1.34 bits per heavy atom. The number of benzene rings is 3. The number of ether oxygens (including phenoxy) is 1. The molecule has 5 aliphatic carbocycles. The molecular weight excluding hydrogens is 735 g/mol. The lowest BCUT2D eigenvalue weighted by atomic mass is 9.69. The number of piperidine rings is 1. The zero-order valence-electron chi connectivity index (χ0n) is 35.6. The van der Waals surface area contributed by atoms with Crippen LogP contribution in [-0.2, 0) is 18.8 Å². The second-order valence-electron chi connectivity index (χ2n) is 20.2. The number of carbonyl (C=O) groups excluding carboxylic acids is 2. The number of imidazole rings is 1. The predicted molar refractivity (Wildman–Crippen MR) is 230 cm³/mol. The minimum Gasteiger partial charge on any atom is -0.453 e. The Balaban J connectivity index is 0.890. The van der Waals surface area contributed by atoms with E-state index in [1.54, 1.807) is 16.7 Å². The number of rotatable bonds is 8. The van der Waals surface area contributed by atoms with E-state index in [1.807, 2.05) is 24.9 Å². The molecule has 5 fully saturated rings. The Morgan fingerprint density at radius 1 is 0.780 bits per heavy atom. The summed E-state index contributed by atoms with van der Waals surface area (Å²) >= 11 is 0. The molecule has 3 heterocycles. The van der Waals surface area contributed by atoms with Gasteiger partial charge in [0.1, 0.15) is 11.9 Å². The van der Waals surface area contributed by atoms with Gasteiger partial charge in [-0.3, -0.25) is 4.79 Å². The van der Waals surface area contributed by atoms with Crippen LogP contribution in [0.2, 0.25) is 0 Å². The van der Waals surface area contributed by atoms with Crippen molar-refractivity contribution in [1.82, 2.24) is 20.2 Å². The van der Waals surface area contributed by atoms with Crippen molar-refractivity contribution in [3.63, 3.8) is 0 Å². The number of amides is 2. The molecule has 1 aromatic heterocycles. The number of H-pyrrole nitrogens is 1. The molecule has 2 aliphatic heterocycles. The van der Waals surface area contributed by atoms with Gasteiger partial charge in [0.25, 0.3) is 0 Å². The van der Waals surface area contributed by atoms with Crippen molar-refractivity contribution in [3.05, 3.63) is 82.8 Å². The van der Waals surface area contributed by atoms with Crippen molar-refractivity contribution in [2.45, 2.75) is 146 Å². The lowest BCUT2D eigenvalue weighted by Crippen LogP contribution is -2.52. The smallest absolute Gasteiger partial charge is 0.453 e. The van der Waals surface area contributed by atoms with E-state index in [1.165, 1.54) is 78.9 Å². The van der Waals surface area contributed by atoms with Crippen LogP contribution in [0.1, 0.15) is 151 Å². The molecule has 4 aromatic rings. The summed E-state index contributed by atoms with van der Waals surface area (Å²) in [6, 6.07) is 18.0. The van der Waals surface area contributed by atoms with E-state index in [4.69, 9.17) is 19.0 Å². The Morgan fingerprint density at radius 3 is 1.97 bits per heavy atom. The third kappa shape index (κ3) is 5.74. The van der Waals surface area contributed by atoms with Gasteiger partial charge >= 0.3 is 13.2 Å². The first-order chi connectivity index (χ1) is 28.3. The molecule has 7 aliphatic rings. The Hall–Kier alpha value is -4.41. The Bertz CT molecular complexity index is 2370. The van der Waals surface area contributed by atoms with Crippen molar-refractivity contribution in [1.29, 1.82) is 0 Å². The van der Waals surface area contributed by atoms with Gasteiger partial charge in [0.05, 0.1) is 36.2 Å². The lowest BCUT2D eigenvalue weighted by molar-refractivity contribution is -0.136. The summed E-state index contributed by atoms with van der Waals surface area (Å²) < 4.78 is 18.2. The molecule has 2 saturated heterocycles. The normalized spacial score (nSPS) is 29.2. The zero-order valence-corrected chi connectivity index (χ0v) is 35.6. The molecule has 8 atom stereocenters. The van der Waals surface area contributed by atoms with Crippen LogP contribution in [0, 0.1) is 11.8 Å². The molecule has 3 saturated carbocycles. The minimum absolute atomic E-state index is 0.0647. The van der Waals surface area contributed by atoms with Crippen molar-refractivity contribution >= 4 is 24.6 Å².